The fourth-order valence-corrected chi connectivity index (χ4v) is 1.85. The number of ether oxygens (including phenoxy) is 1. The van der Waals surface area contributed by atoms with Crippen LogP contribution < -0.4 is 0 Å². The molecule has 1 aromatic heterocycles. The molecule has 5 nitrogen and oxygen atoms in total. The van der Waals surface area contributed by atoms with Gasteiger partial charge in [-0.05, 0) is 31.2 Å². The van der Waals surface area contributed by atoms with Gasteiger partial charge in [0, 0.05) is 6.20 Å². The molecule has 1 aromatic carbocycles. The summed E-state index contributed by atoms with van der Waals surface area (Å²) in [4.78, 5) is 16.2. The highest BCUT2D eigenvalue weighted by atomic mass is 35.5. The maximum Gasteiger partial charge on any atom is 0.338 e. The van der Waals surface area contributed by atoms with Gasteiger partial charge in [-0.25, -0.2) is 4.79 Å². The molecule has 2 atom stereocenters. The lowest BCUT2D eigenvalue weighted by Crippen LogP contribution is -2.27. The van der Waals surface area contributed by atoms with Crippen LogP contribution in [0, 0.1) is 6.92 Å². The predicted octanol–water partition coefficient (Wildman–Crippen LogP) is 2.06. The molecule has 0 spiro atoms. The molecular weight excluding hydrogens is 306 g/mol. The maximum atomic E-state index is 12.1. The average Bonchev–Trinajstić information content (AvgIpc) is 2.53. The van der Waals surface area contributed by atoms with Gasteiger partial charge >= 0.3 is 5.97 Å². The standard InChI is InChI=1S/C16H17NO4.ClH/c1-11-5-7-12(8-6-11)16(20)21-15(14(19)10-18)13-4-2-3-9-17-13;/h2-9,14-15,18-19H,10H2,1H3;1H/t14-,15-;/m1./s1. The van der Waals surface area contributed by atoms with E-state index in [0.29, 0.717) is 11.3 Å². The summed E-state index contributed by atoms with van der Waals surface area (Å²) >= 11 is 0. The Hall–Kier alpha value is -1.95. The third kappa shape index (κ3) is 4.53. The molecule has 1 heterocycles. The van der Waals surface area contributed by atoms with Crippen LogP contribution in [-0.4, -0.2) is 33.9 Å². The fourth-order valence-electron chi connectivity index (χ4n) is 1.85. The first kappa shape index (κ1) is 18.1. The molecule has 118 valence electrons. The Kier molecular flexibility index (Phi) is 6.98. The quantitative estimate of drug-likeness (QED) is 0.823. The topological polar surface area (TPSA) is 79.7 Å². The van der Waals surface area contributed by atoms with Crippen molar-refractivity contribution in [3.63, 3.8) is 0 Å². The Labute approximate surface area is 135 Å². The van der Waals surface area contributed by atoms with Crippen molar-refractivity contribution in [1.82, 2.24) is 4.98 Å². The normalized spacial score (nSPS) is 12.9. The van der Waals surface area contributed by atoms with Crippen LogP contribution in [0.4, 0.5) is 0 Å². The lowest BCUT2D eigenvalue weighted by Gasteiger charge is -2.21. The number of aromatic nitrogens is 1. The smallest absolute Gasteiger partial charge is 0.338 e. The minimum absolute atomic E-state index is 0. The summed E-state index contributed by atoms with van der Waals surface area (Å²) in [5.74, 6) is -0.571. The molecular formula is C16H18ClNO4. The Bertz CT molecular complexity index is 589. The predicted molar refractivity (Wildman–Crippen MR) is 83.9 cm³/mol. The minimum Gasteiger partial charge on any atom is -0.449 e. The number of carbonyl (C=O) groups excluding carboxylic acids is 1. The molecule has 2 N–H and O–H groups in total. The zero-order valence-corrected chi connectivity index (χ0v) is 12.9. The van der Waals surface area contributed by atoms with Crippen molar-refractivity contribution in [2.45, 2.75) is 19.1 Å². The highest BCUT2D eigenvalue weighted by Gasteiger charge is 2.26. The van der Waals surface area contributed by atoms with Crippen molar-refractivity contribution in [2.24, 2.45) is 0 Å². The summed E-state index contributed by atoms with van der Waals surface area (Å²) < 4.78 is 5.30. The van der Waals surface area contributed by atoms with E-state index in [1.165, 1.54) is 6.20 Å². The molecule has 0 amide bonds. The number of carbonyl (C=O) groups is 1. The van der Waals surface area contributed by atoms with Gasteiger partial charge in [0.2, 0.25) is 0 Å². The Morgan fingerprint density at radius 3 is 2.45 bits per heavy atom. The van der Waals surface area contributed by atoms with Gasteiger partial charge in [0.1, 0.15) is 6.10 Å². The molecule has 0 radical (unpaired) electrons. The molecule has 0 aliphatic heterocycles. The summed E-state index contributed by atoms with van der Waals surface area (Å²) in [6.45, 7) is 1.39. The van der Waals surface area contributed by atoms with Crippen LogP contribution in [0.15, 0.2) is 48.7 Å². The highest BCUT2D eigenvalue weighted by molar-refractivity contribution is 5.89. The second-order valence-corrected chi connectivity index (χ2v) is 4.70. The van der Waals surface area contributed by atoms with Gasteiger partial charge in [0.25, 0.3) is 0 Å². The first-order valence-electron chi connectivity index (χ1n) is 6.59. The van der Waals surface area contributed by atoms with Gasteiger partial charge in [0.05, 0.1) is 17.9 Å². The van der Waals surface area contributed by atoms with E-state index >= 15 is 0 Å². The first-order chi connectivity index (χ1) is 10.1. The second-order valence-electron chi connectivity index (χ2n) is 4.70. The Morgan fingerprint density at radius 1 is 1.23 bits per heavy atom. The van der Waals surface area contributed by atoms with E-state index in [0.717, 1.165) is 5.56 Å². The van der Waals surface area contributed by atoms with Crippen molar-refractivity contribution in [3.8, 4) is 0 Å². The van der Waals surface area contributed by atoms with Crippen molar-refractivity contribution < 1.29 is 19.7 Å². The molecule has 2 aromatic rings. The van der Waals surface area contributed by atoms with Crippen LogP contribution in [-0.2, 0) is 4.74 Å². The minimum atomic E-state index is -1.23. The summed E-state index contributed by atoms with van der Waals surface area (Å²) in [6, 6.07) is 12.0. The summed E-state index contributed by atoms with van der Waals surface area (Å²) in [7, 11) is 0. The van der Waals surface area contributed by atoms with Crippen LogP contribution in [0.25, 0.3) is 0 Å². The monoisotopic (exact) mass is 323 g/mol. The lowest BCUT2D eigenvalue weighted by atomic mass is 10.1. The maximum absolute atomic E-state index is 12.1. The number of hydrogen-bond acceptors (Lipinski definition) is 5. The SMILES string of the molecule is Cc1ccc(C(=O)O[C@H](c2ccccn2)[C@H](O)CO)cc1.Cl. The molecule has 22 heavy (non-hydrogen) atoms. The van der Waals surface area contributed by atoms with Crippen LogP contribution in [0.1, 0.15) is 27.7 Å². The number of aliphatic hydroxyl groups excluding tert-OH is 2. The van der Waals surface area contributed by atoms with Gasteiger partial charge in [-0.15, -0.1) is 12.4 Å². The van der Waals surface area contributed by atoms with Crippen molar-refractivity contribution in [1.29, 1.82) is 0 Å². The number of esters is 1. The molecule has 0 saturated carbocycles. The number of nitrogens with zero attached hydrogens (tertiary/aromatic N) is 1. The average molecular weight is 324 g/mol. The number of hydrogen-bond donors (Lipinski definition) is 2. The van der Waals surface area contributed by atoms with Gasteiger partial charge < -0.3 is 14.9 Å². The molecule has 6 heteroatoms. The molecule has 0 aliphatic carbocycles. The van der Waals surface area contributed by atoms with Crippen molar-refractivity contribution in [2.75, 3.05) is 6.61 Å². The van der Waals surface area contributed by atoms with Crippen LogP contribution in [0.2, 0.25) is 0 Å². The zero-order chi connectivity index (χ0) is 15.2. The third-order valence-electron chi connectivity index (χ3n) is 3.04. The number of pyridine rings is 1. The fraction of sp³-hybridized carbons (Fsp3) is 0.250. The van der Waals surface area contributed by atoms with E-state index in [1.807, 2.05) is 6.92 Å². The van der Waals surface area contributed by atoms with Crippen molar-refractivity contribution in [3.05, 3.63) is 65.5 Å². The van der Waals surface area contributed by atoms with Gasteiger partial charge in [-0.1, -0.05) is 23.8 Å². The van der Waals surface area contributed by atoms with Crippen molar-refractivity contribution >= 4 is 18.4 Å². The molecule has 0 aliphatic rings. The van der Waals surface area contributed by atoms with E-state index in [4.69, 9.17) is 9.84 Å². The number of halogens is 1. The van der Waals surface area contributed by atoms with Gasteiger partial charge in [0.15, 0.2) is 6.10 Å². The molecule has 0 unspecified atom stereocenters. The molecule has 0 saturated heterocycles. The van der Waals surface area contributed by atoms with Crippen LogP contribution in [0.3, 0.4) is 0 Å². The van der Waals surface area contributed by atoms with Crippen LogP contribution >= 0.6 is 12.4 Å². The van der Waals surface area contributed by atoms with Gasteiger partial charge in [-0.2, -0.15) is 0 Å². The number of rotatable bonds is 5. The third-order valence-corrected chi connectivity index (χ3v) is 3.04. The lowest BCUT2D eigenvalue weighted by molar-refractivity contribution is -0.0402. The highest BCUT2D eigenvalue weighted by Crippen LogP contribution is 2.21. The number of aliphatic hydroxyl groups is 2. The van der Waals surface area contributed by atoms with E-state index in [9.17, 15) is 9.90 Å². The van der Waals surface area contributed by atoms with Crippen LogP contribution in [0.5, 0.6) is 0 Å². The Balaban J connectivity index is 0.00000242. The number of benzene rings is 1. The summed E-state index contributed by atoms with van der Waals surface area (Å²) in [5, 5.41) is 19.0. The largest absolute Gasteiger partial charge is 0.449 e. The van der Waals surface area contributed by atoms with Gasteiger partial charge in [-0.3, -0.25) is 4.98 Å². The Morgan fingerprint density at radius 2 is 1.91 bits per heavy atom. The first-order valence-corrected chi connectivity index (χ1v) is 6.59. The number of aryl methyl sites for hydroxylation is 1. The summed E-state index contributed by atoms with van der Waals surface area (Å²) in [6.07, 6.45) is -0.703. The van der Waals surface area contributed by atoms with E-state index in [2.05, 4.69) is 4.98 Å². The van der Waals surface area contributed by atoms with E-state index < -0.39 is 24.8 Å². The molecule has 0 bridgehead atoms. The van der Waals surface area contributed by atoms with E-state index in [1.54, 1.807) is 42.5 Å². The second kappa shape index (κ2) is 8.48. The van der Waals surface area contributed by atoms with E-state index in [-0.39, 0.29) is 12.4 Å². The molecule has 2 rings (SSSR count). The summed E-state index contributed by atoms with van der Waals surface area (Å²) in [5.41, 5.74) is 1.80. The zero-order valence-electron chi connectivity index (χ0n) is 12.0. The molecule has 0 fully saturated rings.